The van der Waals surface area contributed by atoms with Gasteiger partial charge in [0.25, 0.3) is 5.91 Å². The molecule has 1 amide bonds. The largest absolute Gasteiger partial charge is 0.490 e. The summed E-state index contributed by atoms with van der Waals surface area (Å²) >= 11 is 7.48. The van der Waals surface area contributed by atoms with Crippen LogP contribution in [-0.2, 0) is 4.79 Å². The van der Waals surface area contributed by atoms with Crippen LogP contribution in [0.1, 0.15) is 22.8 Å². The molecule has 2 aromatic carbocycles. The molecule has 9 heteroatoms. The van der Waals surface area contributed by atoms with Crippen LogP contribution in [0.2, 0.25) is 5.02 Å². The second kappa shape index (κ2) is 10.1. The van der Waals surface area contributed by atoms with E-state index in [0.29, 0.717) is 44.5 Å². The maximum atomic E-state index is 12.4. The van der Waals surface area contributed by atoms with Crippen LogP contribution in [0.4, 0.5) is 5.69 Å². The highest BCUT2D eigenvalue weighted by Crippen LogP contribution is 2.38. The van der Waals surface area contributed by atoms with Gasteiger partial charge >= 0.3 is 5.97 Å². The number of hydrogen-bond donors (Lipinski definition) is 2. The third kappa shape index (κ3) is 5.60. The smallest absolute Gasteiger partial charge is 0.335 e. The molecule has 31 heavy (non-hydrogen) atoms. The number of carbonyl (C=O) groups is 2. The summed E-state index contributed by atoms with van der Waals surface area (Å²) in [7, 11) is 0. The molecule has 2 aromatic rings. The van der Waals surface area contributed by atoms with Crippen LogP contribution in [-0.4, -0.2) is 35.4 Å². The van der Waals surface area contributed by atoms with E-state index in [0.717, 1.165) is 11.8 Å². The number of amidine groups is 1. The van der Waals surface area contributed by atoms with E-state index >= 15 is 0 Å². The molecule has 0 aromatic heterocycles. The third-order valence-corrected chi connectivity index (χ3v) is 5.12. The number of amides is 1. The van der Waals surface area contributed by atoms with Gasteiger partial charge in [-0.25, -0.2) is 9.79 Å². The zero-order chi connectivity index (χ0) is 22.4. The molecule has 1 fully saturated rings. The molecule has 158 valence electrons. The van der Waals surface area contributed by atoms with E-state index in [1.807, 2.05) is 6.92 Å². The minimum absolute atomic E-state index is 0.0474. The van der Waals surface area contributed by atoms with Crippen LogP contribution in [0.15, 0.2) is 46.3 Å². The summed E-state index contributed by atoms with van der Waals surface area (Å²) in [4.78, 5) is 28.0. The Morgan fingerprint density at radius 3 is 2.71 bits per heavy atom. The Bertz CT molecular complexity index is 1120. The highest BCUT2D eigenvalue weighted by Gasteiger charge is 2.24. The molecule has 1 aliphatic heterocycles. The maximum Gasteiger partial charge on any atom is 0.335 e. The second-order valence-corrected chi connectivity index (χ2v) is 7.53. The highest BCUT2D eigenvalue weighted by atomic mass is 35.5. The van der Waals surface area contributed by atoms with Gasteiger partial charge in [0.15, 0.2) is 16.7 Å². The van der Waals surface area contributed by atoms with E-state index in [2.05, 4.69) is 16.2 Å². The number of rotatable bonds is 7. The van der Waals surface area contributed by atoms with Crippen molar-refractivity contribution in [2.45, 2.75) is 6.92 Å². The van der Waals surface area contributed by atoms with Gasteiger partial charge in [0.1, 0.15) is 6.61 Å². The topological polar surface area (TPSA) is 97.2 Å². The lowest BCUT2D eigenvalue weighted by molar-refractivity contribution is -0.115. The fourth-order valence-corrected chi connectivity index (χ4v) is 3.73. The highest BCUT2D eigenvalue weighted by molar-refractivity contribution is 8.18. The summed E-state index contributed by atoms with van der Waals surface area (Å²) < 4.78 is 11.1. The van der Waals surface area contributed by atoms with Gasteiger partial charge < -0.3 is 19.9 Å². The Balaban J connectivity index is 1.84. The summed E-state index contributed by atoms with van der Waals surface area (Å²) in [5, 5.41) is 12.3. The molecule has 0 bridgehead atoms. The number of carboxylic acid groups (broad SMARTS) is 1. The number of hydrogen-bond acceptors (Lipinski definition) is 6. The van der Waals surface area contributed by atoms with Crippen LogP contribution in [0.3, 0.4) is 0 Å². The first-order valence-corrected chi connectivity index (χ1v) is 10.3. The summed E-state index contributed by atoms with van der Waals surface area (Å²) in [5.41, 5.74) is 1.32. The number of nitrogens with zero attached hydrogens (tertiary/aromatic N) is 1. The van der Waals surface area contributed by atoms with Crippen LogP contribution in [0.25, 0.3) is 6.08 Å². The number of benzene rings is 2. The van der Waals surface area contributed by atoms with Crippen LogP contribution in [0.5, 0.6) is 11.5 Å². The van der Waals surface area contributed by atoms with Crippen molar-refractivity contribution in [1.82, 2.24) is 5.32 Å². The number of nitrogens with one attached hydrogen (secondary N) is 1. The van der Waals surface area contributed by atoms with Crippen molar-refractivity contribution in [3.8, 4) is 23.8 Å². The van der Waals surface area contributed by atoms with Gasteiger partial charge in [-0.15, -0.1) is 6.42 Å². The zero-order valence-electron chi connectivity index (χ0n) is 16.3. The fourth-order valence-electron chi connectivity index (χ4n) is 2.62. The quantitative estimate of drug-likeness (QED) is 0.475. The molecule has 0 aliphatic carbocycles. The predicted octanol–water partition coefficient (Wildman–Crippen LogP) is 4.34. The van der Waals surface area contributed by atoms with E-state index in [4.69, 9.17) is 32.6 Å². The number of thioether (sulfide) groups is 1. The summed E-state index contributed by atoms with van der Waals surface area (Å²) in [6.45, 7) is 2.28. The lowest BCUT2D eigenvalue weighted by atomic mass is 10.2. The molecule has 7 nitrogen and oxygen atoms in total. The van der Waals surface area contributed by atoms with Gasteiger partial charge in [0.05, 0.1) is 27.8 Å². The van der Waals surface area contributed by atoms with Gasteiger partial charge in [-0.05, 0) is 66.7 Å². The number of terminal acetylenes is 1. The van der Waals surface area contributed by atoms with Crippen molar-refractivity contribution >= 4 is 52.2 Å². The standard InChI is InChI=1S/C22H17ClN2O5S/c1-3-9-30-19-16(23)10-13(11-17(19)29-4-2)12-18-20(26)25-22(31-18)24-15-7-5-14(6-8-15)21(27)28/h1,5-8,10-12H,4,9H2,2H3,(H,27,28)(H,24,25,26)/b18-12-. The average Bonchev–Trinajstić information content (AvgIpc) is 3.06. The number of carbonyl (C=O) groups excluding carboxylic acids is 1. The van der Waals surface area contributed by atoms with Gasteiger partial charge in [-0.1, -0.05) is 17.5 Å². The number of carboxylic acids is 1. The van der Waals surface area contributed by atoms with Gasteiger partial charge in [0, 0.05) is 0 Å². The Morgan fingerprint density at radius 2 is 2.06 bits per heavy atom. The average molecular weight is 457 g/mol. The molecule has 0 spiro atoms. The van der Waals surface area contributed by atoms with Crippen molar-refractivity contribution in [1.29, 1.82) is 0 Å². The molecular formula is C22H17ClN2O5S. The number of halogens is 1. The minimum Gasteiger partial charge on any atom is -0.490 e. The van der Waals surface area contributed by atoms with E-state index in [1.165, 1.54) is 12.1 Å². The fraction of sp³-hybridized carbons (Fsp3) is 0.136. The van der Waals surface area contributed by atoms with Crippen molar-refractivity contribution in [2.24, 2.45) is 4.99 Å². The molecule has 0 atom stereocenters. The Kier molecular flexibility index (Phi) is 7.23. The van der Waals surface area contributed by atoms with Crippen molar-refractivity contribution in [3.63, 3.8) is 0 Å². The number of ether oxygens (including phenoxy) is 2. The van der Waals surface area contributed by atoms with Crippen LogP contribution in [0, 0.1) is 12.3 Å². The molecular weight excluding hydrogens is 440 g/mol. The van der Waals surface area contributed by atoms with Crippen molar-refractivity contribution in [2.75, 3.05) is 13.2 Å². The SMILES string of the molecule is C#CCOc1c(Cl)cc(/C=C2\SC(=Nc3ccc(C(=O)O)cc3)NC2=O)cc1OCC. The number of aromatic carboxylic acids is 1. The van der Waals surface area contributed by atoms with E-state index in [9.17, 15) is 9.59 Å². The first kappa shape index (κ1) is 22.3. The van der Waals surface area contributed by atoms with Crippen LogP contribution >= 0.6 is 23.4 Å². The first-order valence-electron chi connectivity index (χ1n) is 9.06. The van der Waals surface area contributed by atoms with E-state index < -0.39 is 5.97 Å². The molecule has 1 heterocycles. The molecule has 0 unspecified atom stereocenters. The first-order chi connectivity index (χ1) is 14.9. The second-order valence-electron chi connectivity index (χ2n) is 6.09. The Labute approximate surface area is 188 Å². The lowest BCUT2D eigenvalue weighted by Crippen LogP contribution is -2.19. The van der Waals surface area contributed by atoms with Crippen molar-refractivity contribution in [3.05, 3.63) is 57.5 Å². The maximum absolute atomic E-state index is 12.4. The molecule has 2 N–H and O–H groups in total. The number of aliphatic imine (C=N–C) groups is 1. The molecule has 3 rings (SSSR count). The summed E-state index contributed by atoms with van der Waals surface area (Å²) in [5.74, 6) is 1.82. The van der Waals surface area contributed by atoms with Crippen LogP contribution < -0.4 is 14.8 Å². The van der Waals surface area contributed by atoms with Gasteiger partial charge in [-0.3, -0.25) is 4.79 Å². The zero-order valence-corrected chi connectivity index (χ0v) is 17.9. The lowest BCUT2D eigenvalue weighted by Gasteiger charge is -2.13. The van der Waals surface area contributed by atoms with Gasteiger partial charge in [0.2, 0.25) is 0 Å². The minimum atomic E-state index is -1.02. The summed E-state index contributed by atoms with van der Waals surface area (Å²) in [6, 6.07) is 9.38. The Hall–Kier alpha value is -3.41. The van der Waals surface area contributed by atoms with Gasteiger partial charge in [-0.2, -0.15) is 0 Å². The third-order valence-electron chi connectivity index (χ3n) is 3.93. The van der Waals surface area contributed by atoms with E-state index in [1.54, 1.807) is 30.3 Å². The van der Waals surface area contributed by atoms with Crippen molar-refractivity contribution < 1.29 is 24.2 Å². The Morgan fingerprint density at radius 1 is 1.32 bits per heavy atom. The predicted molar refractivity (Wildman–Crippen MR) is 121 cm³/mol. The molecule has 1 aliphatic rings. The molecule has 0 saturated carbocycles. The molecule has 1 saturated heterocycles. The van der Waals surface area contributed by atoms with E-state index in [-0.39, 0.29) is 18.1 Å². The molecule has 0 radical (unpaired) electrons. The monoisotopic (exact) mass is 456 g/mol. The normalized spacial score (nSPS) is 15.6. The summed E-state index contributed by atoms with van der Waals surface area (Å²) in [6.07, 6.45) is 6.90.